The van der Waals surface area contributed by atoms with Gasteiger partial charge in [-0.1, -0.05) is 38.8 Å². The molecule has 1 aromatic carbocycles. The lowest BCUT2D eigenvalue weighted by molar-refractivity contribution is 0.225. The van der Waals surface area contributed by atoms with Crippen molar-refractivity contribution >= 4 is 23.0 Å². The lowest BCUT2D eigenvalue weighted by atomic mass is 9.78. The molecule has 2 N–H and O–H groups in total. The van der Waals surface area contributed by atoms with E-state index in [1.807, 2.05) is 0 Å². The first kappa shape index (κ1) is 15.3. The van der Waals surface area contributed by atoms with Gasteiger partial charge >= 0.3 is 0 Å². The molecular formula is C17H26N2S. The molecule has 1 aliphatic rings. The summed E-state index contributed by atoms with van der Waals surface area (Å²) in [5.41, 5.74) is 3.66. The Morgan fingerprint density at radius 3 is 2.70 bits per heavy atom. The Morgan fingerprint density at radius 1 is 1.20 bits per heavy atom. The Labute approximate surface area is 128 Å². The highest BCUT2D eigenvalue weighted by Crippen LogP contribution is 2.29. The Bertz CT molecular complexity index is 484. The molecule has 1 aromatic rings. The van der Waals surface area contributed by atoms with Crippen molar-refractivity contribution in [3.05, 3.63) is 29.3 Å². The molecule has 1 fully saturated rings. The standard InChI is InChI=1S/C17H26N2S/c1-11-7-5-9-15(13(11)3)18-17(20)19-16-10-6-8-12(2)14(16)4/h5,7,9,12,14,16H,6,8,10H2,1-4H3,(H2,18,19,20)/t12-,14-,16+/m0/s1. The van der Waals surface area contributed by atoms with Crippen molar-refractivity contribution in [2.75, 3.05) is 5.32 Å². The topological polar surface area (TPSA) is 24.1 Å². The molecule has 20 heavy (non-hydrogen) atoms. The number of nitrogens with one attached hydrogen (secondary N) is 2. The number of hydrogen-bond acceptors (Lipinski definition) is 1. The second kappa shape index (κ2) is 6.57. The van der Waals surface area contributed by atoms with Gasteiger partial charge in [-0.25, -0.2) is 0 Å². The van der Waals surface area contributed by atoms with E-state index in [1.165, 1.54) is 30.4 Å². The highest BCUT2D eigenvalue weighted by molar-refractivity contribution is 7.80. The summed E-state index contributed by atoms with van der Waals surface area (Å²) in [5.74, 6) is 1.46. The van der Waals surface area contributed by atoms with Gasteiger partial charge in [0.05, 0.1) is 0 Å². The number of thiocarbonyl (C=S) groups is 1. The Balaban J connectivity index is 1.97. The molecule has 0 bridgehead atoms. The minimum absolute atomic E-state index is 0.504. The zero-order valence-corrected chi connectivity index (χ0v) is 13.8. The van der Waals surface area contributed by atoms with Crippen LogP contribution in [0.1, 0.15) is 44.2 Å². The van der Waals surface area contributed by atoms with Crippen LogP contribution in [0.25, 0.3) is 0 Å². The van der Waals surface area contributed by atoms with Crippen LogP contribution in [0, 0.1) is 25.7 Å². The first-order valence-electron chi connectivity index (χ1n) is 7.62. The van der Waals surface area contributed by atoms with Crippen LogP contribution in [0.2, 0.25) is 0 Å². The Kier molecular flexibility index (Phi) is 5.03. The van der Waals surface area contributed by atoms with Gasteiger partial charge in [0.25, 0.3) is 0 Å². The predicted molar refractivity (Wildman–Crippen MR) is 91.2 cm³/mol. The van der Waals surface area contributed by atoms with Gasteiger partial charge in [0.15, 0.2) is 5.11 Å². The molecule has 1 aliphatic carbocycles. The fraction of sp³-hybridized carbons (Fsp3) is 0.588. The second-order valence-electron chi connectivity index (χ2n) is 6.22. The maximum Gasteiger partial charge on any atom is 0.171 e. The van der Waals surface area contributed by atoms with Crippen LogP contribution in [-0.2, 0) is 0 Å². The highest BCUT2D eigenvalue weighted by atomic mass is 32.1. The lowest BCUT2D eigenvalue weighted by Gasteiger charge is -2.35. The van der Waals surface area contributed by atoms with Gasteiger partial charge in [-0.15, -0.1) is 0 Å². The third kappa shape index (κ3) is 3.51. The number of rotatable bonds is 2. The molecule has 2 nitrogen and oxygen atoms in total. The molecule has 0 aliphatic heterocycles. The molecule has 0 amide bonds. The summed E-state index contributed by atoms with van der Waals surface area (Å²) in [6.45, 7) is 8.94. The monoisotopic (exact) mass is 290 g/mol. The third-order valence-corrected chi connectivity index (χ3v) is 5.10. The second-order valence-corrected chi connectivity index (χ2v) is 6.63. The van der Waals surface area contributed by atoms with E-state index in [4.69, 9.17) is 12.2 Å². The Morgan fingerprint density at radius 2 is 1.95 bits per heavy atom. The van der Waals surface area contributed by atoms with Gasteiger partial charge in [0.2, 0.25) is 0 Å². The summed E-state index contributed by atoms with van der Waals surface area (Å²) in [4.78, 5) is 0. The van der Waals surface area contributed by atoms with Crippen LogP contribution in [0.15, 0.2) is 18.2 Å². The van der Waals surface area contributed by atoms with Crippen molar-refractivity contribution in [2.45, 2.75) is 53.0 Å². The molecule has 3 atom stereocenters. The van der Waals surface area contributed by atoms with Crippen molar-refractivity contribution in [3.8, 4) is 0 Å². The van der Waals surface area contributed by atoms with Gasteiger partial charge in [0.1, 0.15) is 0 Å². The molecule has 0 saturated heterocycles. The summed E-state index contributed by atoms with van der Waals surface area (Å²) < 4.78 is 0. The minimum Gasteiger partial charge on any atom is -0.359 e. The molecule has 3 heteroatoms. The van der Waals surface area contributed by atoms with E-state index in [9.17, 15) is 0 Å². The summed E-state index contributed by atoms with van der Waals surface area (Å²) in [7, 11) is 0. The van der Waals surface area contributed by atoms with Crippen molar-refractivity contribution in [2.24, 2.45) is 11.8 Å². The molecule has 0 radical (unpaired) electrons. The van der Waals surface area contributed by atoms with Gasteiger partial charge in [-0.05, 0) is 61.5 Å². The molecule has 0 spiro atoms. The van der Waals surface area contributed by atoms with Crippen LogP contribution >= 0.6 is 12.2 Å². The lowest BCUT2D eigenvalue weighted by Crippen LogP contribution is -2.45. The van der Waals surface area contributed by atoms with E-state index < -0.39 is 0 Å². The SMILES string of the molecule is Cc1cccc(NC(=S)N[C@@H]2CCC[C@H](C)[C@@H]2C)c1C. The predicted octanol–water partition coefficient (Wildman–Crippen LogP) is 4.41. The van der Waals surface area contributed by atoms with E-state index in [0.29, 0.717) is 12.0 Å². The molecule has 0 unspecified atom stereocenters. The summed E-state index contributed by atoms with van der Waals surface area (Å²) in [6, 6.07) is 6.79. The molecule has 110 valence electrons. The van der Waals surface area contributed by atoms with Gasteiger partial charge in [-0.3, -0.25) is 0 Å². The Hall–Kier alpha value is -1.09. The molecule has 1 saturated carbocycles. The van der Waals surface area contributed by atoms with Gasteiger partial charge in [-0.2, -0.15) is 0 Å². The zero-order chi connectivity index (χ0) is 14.7. The van der Waals surface area contributed by atoms with Crippen molar-refractivity contribution in [1.29, 1.82) is 0 Å². The van der Waals surface area contributed by atoms with E-state index >= 15 is 0 Å². The fourth-order valence-electron chi connectivity index (χ4n) is 3.00. The largest absolute Gasteiger partial charge is 0.359 e. The van der Waals surface area contributed by atoms with E-state index in [1.54, 1.807) is 0 Å². The maximum atomic E-state index is 5.49. The van der Waals surface area contributed by atoms with Crippen molar-refractivity contribution in [1.82, 2.24) is 5.32 Å². The summed E-state index contributed by atoms with van der Waals surface area (Å²) in [5, 5.41) is 7.62. The minimum atomic E-state index is 0.504. The first-order valence-corrected chi connectivity index (χ1v) is 8.03. The fourth-order valence-corrected chi connectivity index (χ4v) is 3.26. The molecule has 0 heterocycles. The van der Waals surface area contributed by atoms with E-state index in [-0.39, 0.29) is 0 Å². The first-order chi connectivity index (χ1) is 9.49. The van der Waals surface area contributed by atoms with Crippen LogP contribution < -0.4 is 10.6 Å². The normalized spacial score (nSPS) is 26.1. The van der Waals surface area contributed by atoms with Crippen molar-refractivity contribution < 1.29 is 0 Å². The number of anilines is 1. The molecule has 2 rings (SSSR count). The highest BCUT2D eigenvalue weighted by Gasteiger charge is 2.27. The third-order valence-electron chi connectivity index (χ3n) is 4.88. The van der Waals surface area contributed by atoms with Gasteiger partial charge < -0.3 is 10.6 Å². The average molecular weight is 290 g/mol. The maximum absolute atomic E-state index is 5.49. The van der Waals surface area contributed by atoms with Crippen LogP contribution in [0.5, 0.6) is 0 Å². The van der Waals surface area contributed by atoms with E-state index in [0.717, 1.165) is 16.7 Å². The van der Waals surface area contributed by atoms with Crippen LogP contribution in [-0.4, -0.2) is 11.2 Å². The quantitative estimate of drug-likeness (QED) is 0.789. The summed E-state index contributed by atoms with van der Waals surface area (Å²) in [6.07, 6.45) is 3.87. The number of benzene rings is 1. The molecule has 0 aromatic heterocycles. The smallest absolute Gasteiger partial charge is 0.171 e. The van der Waals surface area contributed by atoms with Crippen LogP contribution in [0.4, 0.5) is 5.69 Å². The number of hydrogen-bond donors (Lipinski definition) is 2. The van der Waals surface area contributed by atoms with Gasteiger partial charge in [0, 0.05) is 11.7 Å². The summed E-state index contributed by atoms with van der Waals surface area (Å²) >= 11 is 5.49. The van der Waals surface area contributed by atoms with Crippen molar-refractivity contribution in [3.63, 3.8) is 0 Å². The average Bonchev–Trinajstić information content (AvgIpc) is 2.40. The van der Waals surface area contributed by atoms with E-state index in [2.05, 4.69) is 56.5 Å². The van der Waals surface area contributed by atoms with Crippen LogP contribution in [0.3, 0.4) is 0 Å². The molecular weight excluding hydrogens is 264 g/mol. The zero-order valence-electron chi connectivity index (χ0n) is 13.0. The number of aryl methyl sites for hydroxylation is 1.